The SMILES string of the molecule is Cc1ccccc1OCC(=O)OCC(=O)Nc1ccc(C)c([N+](=O)[O-])c1. The van der Waals surface area contributed by atoms with Crippen molar-refractivity contribution in [2.24, 2.45) is 0 Å². The van der Waals surface area contributed by atoms with E-state index < -0.39 is 23.4 Å². The Labute approximate surface area is 149 Å². The van der Waals surface area contributed by atoms with Crippen LogP contribution < -0.4 is 10.1 Å². The minimum atomic E-state index is -0.696. The highest BCUT2D eigenvalue weighted by Crippen LogP contribution is 2.22. The maximum atomic E-state index is 11.8. The fraction of sp³-hybridized carbons (Fsp3) is 0.222. The van der Waals surface area contributed by atoms with Crippen molar-refractivity contribution in [3.8, 4) is 5.75 Å². The van der Waals surface area contributed by atoms with E-state index in [9.17, 15) is 19.7 Å². The van der Waals surface area contributed by atoms with Gasteiger partial charge in [0, 0.05) is 17.3 Å². The van der Waals surface area contributed by atoms with Crippen LogP contribution in [0.15, 0.2) is 42.5 Å². The van der Waals surface area contributed by atoms with Crippen LogP contribution in [0.25, 0.3) is 0 Å². The Bertz CT molecular complexity index is 834. The first kappa shape index (κ1) is 18.9. The van der Waals surface area contributed by atoms with Crippen LogP contribution in [0.3, 0.4) is 0 Å². The summed E-state index contributed by atoms with van der Waals surface area (Å²) in [4.78, 5) is 33.8. The van der Waals surface area contributed by atoms with Crippen LogP contribution in [-0.4, -0.2) is 30.0 Å². The Morgan fingerprint density at radius 3 is 2.50 bits per heavy atom. The molecule has 8 heteroatoms. The monoisotopic (exact) mass is 358 g/mol. The molecular formula is C18H18N2O6. The van der Waals surface area contributed by atoms with Crippen molar-refractivity contribution < 1.29 is 24.0 Å². The zero-order chi connectivity index (χ0) is 19.1. The number of hydrogen-bond acceptors (Lipinski definition) is 6. The van der Waals surface area contributed by atoms with Gasteiger partial charge in [0.05, 0.1) is 4.92 Å². The van der Waals surface area contributed by atoms with Crippen molar-refractivity contribution in [2.45, 2.75) is 13.8 Å². The van der Waals surface area contributed by atoms with Crippen LogP contribution in [0.5, 0.6) is 5.75 Å². The summed E-state index contributed by atoms with van der Waals surface area (Å²) in [5, 5.41) is 13.3. The Balaban J connectivity index is 1.81. The summed E-state index contributed by atoms with van der Waals surface area (Å²) in [5.41, 5.74) is 1.50. The van der Waals surface area contributed by atoms with Crippen molar-refractivity contribution >= 4 is 23.3 Å². The van der Waals surface area contributed by atoms with Gasteiger partial charge in [0.2, 0.25) is 0 Å². The fourth-order valence-corrected chi connectivity index (χ4v) is 2.12. The minimum Gasteiger partial charge on any atom is -0.482 e. The number of ether oxygens (including phenoxy) is 2. The maximum Gasteiger partial charge on any atom is 0.344 e. The smallest absolute Gasteiger partial charge is 0.344 e. The van der Waals surface area contributed by atoms with Gasteiger partial charge in [-0.15, -0.1) is 0 Å². The normalized spacial score (nSPS) is 10.1. The van der Waals surface area contributed by atoms with E-state index in [0.29, 0.717) is 11.3 Å². The molecule has 2 aromatic rings. The molecule has 0 aliphatic heterocycles. The van der Waals surface area contributed by atoms with E-state index in [4.69, 9.17) is 9.47 Å². The fourth-order valence-electron chi connectivity index (χ4n) is 2.12. The standard InChI is InChI=1S/C18H18N2O6/c1-12-7-8-14(9-15(12)20(23)24)19-17(21)10-26-18(22)11-25-16-6-4-3-5-13(16)2/h3-9H,10-11H2,1-2H3,(H,19,21). The molecule has 0 saturated carbocycles. The van der Waals surface area contributed by atoms with Crippen LogP contribution in [-0.2, 0) is 14.3 Å². The summed E-state index contributed by atoms with van der Waals surface area (Å²) in [6, 6.07) is 11.5. The largest absolute Gasteiger partial charge is 0.482 e. The molecule has 2 rings (SSSR count). The number of anilines is 1. The van der Waals surface area contributed by atoms with Gasteiger partial charge in [0.25, 0.3) is 11.6 Å². The van der Waals surface area contributed by atoms with Crippen molar-refractivity contribution in [3.05, 3.63) is 63.7 Å². The number of nitrogens with one attached hydrogen (secondary N) is 1. The van der Waals surface area contributed by atoms with E-state index in [-0.39, 0.29) is 18.0 Å². The Morgan fingerprint density at radius 2 is 1.81 bits per heavy atom. The van der Waals surface area contributed by atoms with Crippen molar-refractivity contribution in [2.75, 3.05) is 18.5 Å². The molecule has 0 aliphatic rings. The van der Waals surface area contributed by atoms with E-state index in [1.54, 1.807) is 19.1 Å². The first-order valence-corrected chi connectivity index (χ1v) is 7.76. The predicted octanol–water partition coefficient (Wildman–Crippen LogP) is 2.77. The molecule has 0 unspecified atom stereocenters. The molecule has 2 aromatic carbocycles. The molecule has 0 bridgehead atoms. The quantitative estimate of drug-likeness (QED) is 0.463. The van der Waals surface area contributed by atoms with Crippen LogP contribution in [0.2, 0.25) is 0 Å². The first-order valence-electron chi connectivity index (χ1n) is 7.76. The van der Waals surface area contributed by atoms with Crippen LogP contribution in [0.1, 0.15) is 11.1 Å². The maximum absolute atomic E-state index is 11.8. The van der Waals surface area contributed by atoms with Gasteiger partial charge >= 0.3 is 5.97 Å². The van der Waals surface area contributed by atoms with Gasteiger partial charge in [-0.05, 0) is 31.5 Å². The number of esters is 1. The van der Waals surface area contributed by atoms with Gasteiger partial charge in [-0.25, -0.2) is 4.79 Å². The van der Waals surface area contributed by atoms with E-state index in [1.807, 2.05) is 19.1 Å². The summed E-state index contributed by atoms with van der Waals surface area (Å²) in [7, 11) is 0. The number of nitro benzene ring substituents is 1. The zero-order valence-corrected chi connectivity index (χ0v) is 14.4. The van der Waals surface area contributed by atoms with E-state index >= 15 is 0 Å². The third kappa shape index (κ3) is 5.30. The molecule has 0 aliphatic carbocycles. The Kier molecular flexibility index (Phi) is 6.26. The highest BCUT2D eigenvalue weighted by atomic mass is 16.6. The average molecular weight is 358 g/mol. The molecule has 0 radical (unpaired) electrons. The van der Waals surface area contributed by atoms with Gasteiger partial charge in [0.1, 0.15) is 5.75 Å². The second-order valence-corrected chi connectivity index (χ2v) is 5.52. The predicted molar refractivity (Wildman–Crippen MR) is 94.1 cm³/mol. The molecule has 0 aromatic heterocycles. The van der Waals surface area contributed by atoms with E-state index in [1.165, 1.54) is 18.2 Å². The van der Waals surface area contributed by atoms with Gasteiger partial charge in [0.15, 0.2) is 13.2 Å². The molecule has 1 N–H and O–H groups in total. The molecule has 26 heavy (non-hydrogen) atoms. The number of carbonyl (C=O) groups excluding carboxylic acids is 2. The molecule has 0 atom stereocenters. The molecule has 0 heterocycles. The lowest BCUT2D eigenvalue weighted by Gasteiger charge is -2.09. The summed E-state index contributed by atoms with van der Waals surface area (Å²) in [6.07, 6.45) is 0. The second-order valence-electron chi connectivity index (χ2n) is 5.52. The highest BCUT2D eigenvalue weighted by molar-refractivity contribution is 5.93. The van der Waals surface area contributed by atoms with Gasteiger partial charge in [-0.2, -0.15) is 0 Å². The Morgan fingerprint density at radius 1 is 1.08 bits per heavy atom. The van der Waals surface area contributed by atoms with Gasteiger partial charge in [-0.3, -0.25) is 14.9 Å². The average Bonchev–Trinajstić information content (AvgIpc) is 2.60. The second kappa shape index (κ2) is 8.61. The number of nitrogens with zero attached hydrogens (tertiary/aromatic N) is 1. The number of rotatable bonds is 7. The highest BCUT2D eigenvalue weighted by Gasteiger charge is 2.13. The first-order chi connectivity index (χ1) is 12.4. The summed E-state index contributed by atoms with van der Waals surface area (Å²) in [5.74, 6) is -0.744. The number of carbonyl (C=O) groups is 2. The number of aryl methyl sites for hydroxylation is 2. The van der Waals surface area contributed by atoms with Crippen LogP contribution >= 0.6 is 0 Å². The third-order valence-corrected chi connectivity index (χ3v) is 3.49. The van der Waals surface area contributed by atoms with E-state index in [2.05, 4.69) is 5.32 Å². The molecule has 0 saturated heterocycles. The summed E-state index contributed by atoms with van der Waals surface area (Å²) in [6.45, 7) is 2.60. The summed E-state index contributed by atoms with van der Waals surface area (Å²) < 4.78 is 10.2. The number of benzene rings is 2. The lowest BCUT2D eigenvalue weighted by Crippen LogP contribution is -2.23. The topological polar surface area (TPSA) is 108 Å². The number of nitro groups is 1. The number of hydrogen-bond donors (Lipinski definition) is 1. The molecule has 0 fully saturated rings. The minimum absolute atomic E-state index is 0.105. The third-order valence-electron chi connectivity index (χ3n) is 3.49. The number of para-hydroxylation sites is 1. The molecule has 136 valence electrons. The van der Waals surface area contributed by atoms with Gasteiger partial charge in [-0.1, -0.05) is 24.3 Å². The van der Waals surface area contributed by atoms with Crippen molar-refractivity contribution in [3.63, 3.8) is 0 Å². The summed E-state index contributed by atoms with van der Waals surface area (Å²) >= 11 is 0. The van der Waals surface area contributed by atoms with Crippen LogP contribution in [0.4, 0.5) is 11.4 Å². The lowest BCUT2D eigenvalue weighted by atomic mass is 10.2. The number of amides is 1. The van der Waals surface area contributed by atoms with E-state index in [0.717, 1.165) is 5.56 Å². The van der Waals surface area contributed by atoms with Gasteiger partial charge < -0.3 is 14.8 Å². The van der Waals surface area contributed by atoms with Crippen molar-refractivity contribution in [1.82, 2.24) is 0 Å². The Hall–Kier alpha value is -3.42. The molecular weight excluding hydrogens is 340 g/mol. The zero-order valence-electron chi connectivity index (χ0n) is 14.4. The van der Waals surface area contributed by atoms with Crippen LogP contribution in [0, 0.1) is 24.0 Å². The molecule has 8 nitrogen and oxygen atoms in total. The lowest BCUT2D eigenvalue weighted by molar-refractivity contribution is -0.385. The van der Waals surface area contributed by atoms with Crippen molar-refractivity contribution in [1.29, 1.82) is 0 Å². The molecule has 0 spiro atoms. The molecule has 1 amide bonds.